The molecule has 0 amide bonds. The molecular weight excluding hydrogens is 376 g/mol. The predicted octanol–water partition coefficient (Wildman–Crippen LogP) is 0.0557. The molecule has 11 heteroatoms. The molecule has 0 saturated heterocycles. The van der Waals surface area contributed by atoms with E-state index in [2.05, 4.69) is 20.8 Å². The van der Waals surface area contributed by atoms with Crippen molar-refractivity contribution in [2.45, 2.75) is 20.4 Å². The van der Waals surface area contributed by atoms with Gasteiger partial charge < -0.3 is 11.1 Å². The number of Topliss-reactive ketones (excluding diaryl/α,β-unsaturated/α-hetero) is 1. The second-order valence-electron chi connectivity index (χ2n) is 6.99. The Morgan fingerprint density at radius 3 is 2.48 bits per heavy atom. The van der Waals surface area contributed by atoms with Gasteiger partial charge in [-0.05, 0) is 40.6 Å². The lowest BCUT2D eigenvalue weighted by molar-refractivity contribution is 0.100. The van der Waals surface area contributed by atoms with Gasteiger partial charge in [-0.25, -0.2) is 9.48 Å². The van der Waals surface area contributed by atoms with Crippen molar-refractivity contribution in [2.24, 2.45) is 13.0 Å². The van der Waals surface area contributed by atoms with E-state index in [0.29, 0.717) is 12.2 Å². The topological polar surface area (TPSA) is 143 Å². The molecule has 0 bridgehead atoms. The summed E-state index contributed by atoms with van der Waals surface area (Å²) >= 11 is 0. The average molecular weight is 398 g/mol. The monoisotopic (exact) mass is 398 g/mol. The lowest BCUT2D eigenvalue weighted by Gasteiger charge is -2.16. The van der Waals surface area contributed by atoms with Crippen LogP contribution in [-0.2, 0) is 13.6 Å². The molecule has 0 saturated carbocycles. The molecule has 0 aliphatic carbocycles. The SMILES string of the molecule is CC(C)Cn1c(N)c(C(=O)CNc2ccc(-n3cnnn3)cc2)c(=O)n(C)c1=O. The smallest absolute Gasteiger partial charge is 0.332 e. The number of hydrogen-bond acceptors (Lipinski definition) is 8. The van der Waals surface area contributed by atoms with Crippen LogP contribution in [0.25, 0.3) is 5.69 Å². The number of nitrogens with two attached hydrogens (primary N) is 1. The Morgan fingerprint density at radius 2 is 1.90 bits per heavy atom. The summed E-state index contributed by atoms with van der Waals surface area (Å²) < 4.78 is 3.67. The lowest BCUT2D eigenvalue weighted by atomic mass is 10.1. The number of aromatic nitrogens is 6. The Balaban J connectivity index is 1.81. The number of nitrogens with one attached hydrogen (secondary N) is 1. The fourth-order valence-electron chi connectivity index (χ4n) is 2.87. The molecule has 1 aromatic carbocycles. The number of carbonyl (C=O) groups is 1. The summed E-state index contributed by atoms with van der Waals surface area (Å²) in [7, 11) is 1.34. The van der Waals surface area contributed by atoms with E-state index < -0.39 is 17.0 Å². The Kier molecular flexibility index (Phi) is 5.57. The number of ketones is 1. The first-order valence-electron chi connectivity index (χ1n) is 8.99. The van der Waals surface area contributed by atoms with Crippen LogP contribution >= 0.6 is 0 Å². The van der Waals surface area contributed by atoms with E-state index in [1.165, 1.54) is 22.6 Å². The number of nitrogen functional groups attached to an aromatic ring is 1. The highest BCUT2D eigenvalue weighted by atomic mass is 16.2. The molecule has 152 valence electrons. The normalized spacial score (nSPS) is 11.0. The molecule has 3 N–H and O–H groups in total. The van der Waals surface area contributed by atoms with E-state index in [4.69, 9.17) is 5.73 Å². The fraction of sp³-hybridized carbons (Fsp3) is 0.333. The number of hydrogen-bond donors (Lipinski definition) is 2. The molecule has 3 rings (SSSR count). The summed E-state index contributed by atoms with van der Waals surface area (Å²) in [5.74, 6) is -0.481. The van der Waals surface area contributed by atoms with Crippen LogP contribution in [0.1, 0.15) is 24.2 Å². The maximum absolute atomic E-state index is 12.7. The molecule has 0 fully saturated rings. The van der Waals surface area contributed by atoms with Gasteiger partial charge in [-0.2, -0.15) is 0 Å². The summed E-state index contributed by atoms with van der Waals surface area (Å²) in [4.78, 5) is 37.5. The second-order valence-corrected chi connectivity index (χ2v) is 6.99. The summed E-state index contributed by atoms with van der Waals surface area (Å²) in [5.41, 5.74) is 6.02. The standard InChI is InChI=1S/C18H22N8O3/c1-11(2)9-25-16(19)15(17(28)24(3)18(25)29)14(27)8-20-12-4-6-13(7-5-12)26-10-21-22-23-26/h4-7,10-11,20H,8-9,19H2,1-3H3. The number of rotatable bonds is 7. The van der Waals surface area contributed by atoms with Crippen LogP contribution in [0.5, 0.6) is 0 Å². The maximum Gasteiger partial charge on any atom is 0.332 e. The molecule has 3 aromatic rings. The zero-order chi connectivity index (χ0) is 21.1. The third kappa shape index (κ3) is 4.08. The molecule has 0 unspecified atom stereocenters. The summed E-state index contributed by atoms with van der Waals surface area (Å²) in [6.45, 7) is 3.99. The van der Waals surface area contributed by atoms with E-state index >= 15 is 0 Å². The average Bonchev–Trinajstić information content (AvgIpc) is 3.23. The van der Waals surface area contributed by atoms with Crippen molar-refractivity contribution in [3.63, 3.8) is 0 Å². The van der Waals surface area contributed by atoms with Gasteiger partial charge in [0, 0.05) is 19.3 Å². The Bertz CT molecular complexity index is 1130. The second kappa shape index (κ2) is 8.09. The van der Waals surface area contributed by atoms with Crippen LogP contribution in [0.2, 0.25) is 0 Å². The van der Waals surface area contributed by atoms with Crippen molar-refractivity contribution < 1.29 is 4.79 Å². The third-order valence-corrected chi connectivity index (χ3v) is 4.34. The van der Waals surface area contributed by atoms with E-state index in [-0.39, 0.29) is 23.8 Å². The Labute approximate surface area is 165 Å². The van der Waals surface area contributed by atoms with Crippen molar-refractivity contribution in [3.8, 4) is 5.69 Å². The van der Waals surface area contributed by atoms with Gasteiger partial charge in [-0.3, -0.25) is 18.7 Å². The van der Waals surface area contributed by atoms with Crippen LogP contribution in [0, 0.1) is 5.92 Å². The molecule has 29 heavy (non-hydrogen) atoms. The Hall–Kier alpha value is -3.76. The Morgan fingerprint density at radius 1 is 1.21 bits per heavy atom. The zero-order valence-corrected chi connectivity index (χ0v) is 16.4. The van der Waals surface area contributed by atoms with Crippen LogP contribution < -0.4 is 22.3 Å². The molecule has 11 nitrogen and oxygen atoms in total. The minimum atomic E-state index is -0.701. The van der Waals surface area contributed by atoms with Crippen molar-refractivity contribution in [2.75, 3.05) is 17.6 Å². The molecule has 0 aliphatic heterocycles. The molecule has 0 radical (unpaired) electrons. The zero-order valence-electron chi connectivity index (χ0n) is 16.4. The van der Waals surface area contributed by atoms with Crippen LogP contribution in [0.4, 0.5) is 11.5 Å². The highest BCUT2D eigenvalue weighted by Gasteiger charge is 2.21. The highest BCUT2D eigenvalue weighted by Crippen LogP contribution is 2.13. The van der Waals surface area contributed by atoms with Crippen LogP contribution in [0.15, 0.2) is 40.2 Å². The van der Waals surface area contributed by atoms with E-state index in [1.54, 1.807) is 24.3 Å². The van der Waals surface area contributed by atoms with Gasteiger partial charge in [-0.1, -0.05) is 13.8 Å². The molecule has 2 aromatic heterocycles. The van der Waals surface area contributed by atoms with Gasteiger partial charge in [0.2, 0.25) is 0 Å². The van der Waals surface area contributed by atoms with Gasteiger partial charge in [0.05, 0.1) is 12.2 Å². The van der Waals surface area contributed by atoms with Crippen molar-refractivity contribution in [1.82, 2.24) is 29.3 Å². The van der Waals surface area contributed by atoms with Gasteiger partial charge in [0.25, 0.3) is 5.56 Å². The maximum atomic E-state index is 12.7. The van der Waals surface area contributed by atoms with E-state index in [0.717, 1.165) is 10.3 Å². The molecule has 0 spiro atoms. The number of anilines is 2. The van der Waals surface area contributed by atoms with Crippen LogP contribution in [0.3, 0.4) is 0 Å². The minimum Gasteiger partial charge on any atom is -0.384 e. The third-order valence-electron chi connectivity index (χ3n) is 4.34. The lowest BCUT2D eigenvalue weighted by Crippen LogP contribution is -2.43. The van der Waals surface area contributed by atoms with Gasteiger partial charge in [0.1, 0.15) is 17.7 Å². The van der Waals surface area contributed by atoms with Crippen molar-refractivity contribution >= 4 is 17.3 Å². The molecular formula is C18H22N8O3. The summed E-state index contributed by atoms with van der Waals surface area (Å²) in [5, 5.41) is 13.9. The summed E-state index contributed by atoms with van der Waals surface area (Å²) in [6, 6.07) is 7.07. The van der Waals surface area contributed by atoms with Gasteiger partial charge >= 0.3 is 5.69 Å². The van der Waals surface area contributed by atoms with E-state index in [9.17, 15) is 14.4 Å². The summed E-state index contributed by atoms with van der Waals surface area (Å²) in [6.07, 6.45) is 1.47. The van der Waals surface area contributed by atoms with E-state index in [1.807, 2.05) is 13.8 Å². The fourth-order valence-corrected chi connectivity index (χ4v) is 2.87. The molecule has 0 atom stereocenters. The quantitative estimate of drug-likeness (QED) is 0.532. The van der Waals surface area contributed by atoms with Crippen LogP contribution in [-0.4, -0.2) is 41.7 Å². The first-order chi connectivity index (χ1) is 13.8. The molecule has 2 heterocycles. The van der Waals surface area contributed by atoms with Crippen molar-refractivity contribution in [1.29, 1.82) is 0 Å². The van der Waals surface area contributed by atoms with Crippen molar-refractivity contribution in [3.05, 3.63) is 57.0 Å². The predicted molar refractivity (Wildman–Crippen MR) is 107 cm³/mol. The first-order valence-corrected chi connectivity index (χ1v) is 8.99. The number of carbonyl (C=O) groups excluding carboxylic acids is 1. The van der Waals surface area contributed by atoms with Gasteiger partial charge in [-0.15, -0.1) is 5.10 Å². The largest absolute Gasteiger partial charge is 0.384 e. The molecule has 0 aliphatic rings. The first kappa shape index (κ1) is 20.0. The highest BCUT2D eigenvalue weighted by molar-refractivity contribution is 6.02. The number of nitrogens with zero attached hydrogens (tertiary/aromatic N) is 6. The number of tetrazole rings is 1. The van der Waals surface area contributed by atoms with Gasteiger partial charge in [0.15, 0.2) is 5.78 Å². The number of benzene rings is 1. The minimum absolute atomic E-state index is 0.104.